The first-order chi connectivity index (χ1) is 11.9. The first-order valence-corrected chi connectivity index (χ1v) is 10.3. The van der Waals surface area contributed by atoms with E-state index in [9.17, 15) is 4.79 Å². The van der Waals surface area contributed by atoms with Crippen molar-refractivity contribution < 1.29 is 23.4 Å². The zero-order valence-electron chi connectivity index (χ0n) is 17.9. The Labute approximate surface area is 162 Å². The molecule has 0 aliphatic carbocycles. The summed E-state index contributed by atoms with van der Waals surface area (Å²) in [4.78, 5) is 11.2. The minimum Gasteiger partial charge on any atom is -0.469 e. The number of allylic oxidation sites excluding steroid dienone is 2. The molecule has 0 aromatic rings. The number of hydrogen-bond acceptors (Lipinski definition) is 5. The molecule has 0 bridgehead atoms. The third kappa shape index (κ3) is 5.41. The molecule has 26 heavy (non-hydrogen) atoms. The minimum atomic E-state index is -0.701. The van der Waals surface area contributed by atoms with Gasteiger partial charge in [-0.1, -0.05) is 39.8 Å². The predicted octanol–water partition coefficient (Wildman–Crippen LogP) is 3.15. The van der Waals surface area contributed by atoms with Gasteiger partial charge in [0.05, 0.1) is 25.9 Å². The summed E-state index contributed by atoms with van der Waals surface area (Å²) in [5.74, 6) is -0.853. The molecule has 1 rings (SSSR count). The van der Waals surface area contributed by atoms with Crippen LogP contribution in [-0.4, -0.2) is 48.2 Å². The monoisotopic (exact) mass is 386 g/mol. The van der Waals surface area contributed by atoms with Crippen LogP contribution in [0.1, 0.15) is 67.2 Å². The Hall–Kier alpha value is -0.693. The molecule has 6 heteroatoms. The van der Waals surface area contributed by atoms with E-state index in [2.05, 4.69) is 51.5 Å². The fraction of sp³-hybridized carbons (Fsp3) is 0.850. The van der Waals surface area contributed by atoms with Gasteiger partial charge in [0.15, 0.2) is 5.79 Å². The van der Waals surface area contributed by atoms with Gasteiger partial charge in [-0.05, 0) is 38.5 Å². The van der Waals surface area contributed by atoms with E-state index in [0.717, 1.165) is 19.3 Å². The smallest absolute Gasteiger partial charge is 0.305 e. The van der Waals surface area contributed by atoms with E-state index in [-0.39, 0.29) is 22.4 Å². The van der Waals surface area contributed by atoms with E-state index >= 15 is 0 Å². The summed E-state index contributed by atoms with van der Waals surface area (Å²) in [7, 11) is 2.09. The summed E-state index contributed by atoms with van der Waals surface area (Å²) in [5.41, 5.74) is -0.588. The molecule has 0 amide bonds. The summed E-state index contributed by atoms with van der Waals surface area (Å²) in [6.45, 7) is 14.1. The highest BCUT2D eigenvalue weighted by Gasteiger charge is 2.59. The highest BCUT2D eigenvalue weighted by Crippen LogP contribution is 2.54. The number of hydrogen-bond donors (Lipinski definition) is 0. The molecule has 0 aromatic carbocycles. The Morgan fingerprint density at radius 3 is 2.42 bits per heavy atom. The van der Waals surface area contributed by atoms with Gasteiger partial charge in [0.25, 0.3) is 0 Å². The molecule has 3 atom stereocenters. The third-order valence-electron chi connectivity index (χ3n) is 5.82. The maximum atomic E-state index is 11.2. The van der Waals surface area contributed by atoms with E-state index in [1.165, 1.54) is 7.11 Å². The van der Waals surface area contributed by atoms with Crippen LogP contribution in [0.15, 0.2) is 12.2 Å². The number of unbranched alkanes of at least 4 members (excludes halogenated alkanes) is 1. The van der Waals surface area contributed by atoms with Gasteiger partial charge in [0.2, 0.25) is 0 Å². The lowest BCUT2D eigenvalue weighted by Crippen LogP contribution is -2.66. The normalized spacial score (nSPS) is 32.9. The van der Waals surface area contributed by atoms with Gasteiger partial charge in [-0.15, -0.1) is 0 Å². The Morgan fingerprint density at radius 2 is 1.88 bits per heavy atom. The highest BCUT2D eigenvalue weighted by atomic mass is 28.2. The van der Waals surface area contributed by atoms with Crippen molar-refractivity contribution >= 4 is 16.5 Å². The second-order valence-electron chi connectivity index (χ2n) is 8.95. The van der Waals surface area contributed by atoms with Crippen molar-refractivity contribution in [3.05, 3.63) is 12.2 Å². The second kappa shape index (κ2) is 9.00. The van der Waals surface area contributed by atoms with Gasteiger partial charge in [0.1, 0.15) is 10.5 Å². The predicted molar refractivity (Wildman–Crippen MR) is 107 cm³/mol. The Kier molecular flexibility index (Phi) is 8.08. The highest BCUT2D eigenvalue weighted by molar-refractivity contribution is 5.97. The molecule has 1 aliphatic heterocycles. The molecule has 0 saturated carbocycles. The number of carbonyl (C=O) groups is 1. The number of carbonyl (C=O) groups excluding carboxylic acids is 1. The lowest BCUT2D eigenvalue weighted by atomic mass is 9.60. The average Bonchev–Trinajstić information content (AvgIpc) is 2.54. The Bertz CT molecular complexity index is 501. The van der Waals surface area contributed by atoms with Crippen LogP contribution in [0.2, 0.25) is 0 Å². The average molecular weight is 387 g/mol. The fourth-order valence-electron chi connectivity index (χ4n) is 3.61. The van der Waals surface area contributed by atoms with Gasteiger partial charge >= 0.3 is 5.97 Å². The first kappa shape index (κ1) is 23.3. The number of esters is 1. The summed E-state index contributed by atoms with van der Waals surface area (Å²) in [5, 5.41) is 0. The maximum absolute atomic E-state index is 11.2. The van der Waals surface area contributed by atoms with Gasteiger partial charge < -0.3 is 18.6 Å². The van der Waals surface area contributed by atoms with Crippen LogP contribution >= 0.6 is 0 Å². The summed E-state index contributed by atoms with van der Waals surface area (Å²) in [6.07, 6.45) is 7.33. The van der Waals surface area contributed by atoms with E-state index in [0.29, 0.717) is 30.1 Å². The zero-order valence-corrected chi connectivity index (χ0v) is 19.9. The molecule has 1 saturated heterocycles. The molecule has 1 heterocycles. The Morgan fingerprint density at radius 1 is 1.23 bits per heavy atom. The zero-order chi connectivity index (χ0) is 20.1. The standard InChI is InChI=1S/C20H38O5Si/c1-17(2,3)20(6)18(4,14-23-19(5,25-20)15-24-26)13-11-9-8-10-12-16(21)22-7/h9,11H,8,10,12-15H2,1-7,26H3. The van der Waals surface area contributed by atoms with Gasteiger partial charge in [-0.25, -0.2) is 0 Å². The quantitative estimate of drug-likeness (QED) is 0.278. The van der Waals surface area contributed by atoms with Crippen LogP contribution in [0.25, 0.3) is 0 Å². The number of ether oxygens (including phenoxy) is 3. The number of methoxy groups -OCH3 is 1. The Balaban J connectivity index is 2.82. The van der Waals surface area contributed by atoms with E-state index in [1.54, 1.807) is 0 Å². The molecule has 0 radical (unpaired) electrons. The molecular formula is C20H38O5Si. The van der Waals surface area contributed by atoms with Crippen LogP contribution in [0.5, 0.6) is 0 Å². The van der Waals surface area contributed by atoms with Gasteiger partial charge in [0, 0.05) is 11.8 Å². The fourth-order valence-corrected chi connectivity index (χ4v) is 4.13. The van der Waals surface area contributed by atoms with Crippen molar-refractivity contribution in [3.8, 4) is 0 Å². The lowest BCUT2D eigenvalue weighted by molar-refractivity contribution is -0.385. The largest absolute Gasteiger partial charge is 0.469 e. The summed E-state index contributed by atoms with van der Waals surface area (Å²) in [6, 6.07) is 0. The molecule has 5 nitrogen and oxygen atoms in total. The van der Waals surface area contributed by atoms with Crippen molar-refractivity contribution in [3.63, 3.8) is 0 Å². The van der Waals surface area contributed by atoms with Crippen LogP contribution in [0.3, 0.4) is 0 Å². The van der Waals surface area contributed by atoms with Gasteiger partial charge in [-0.2, -0.15) is 0 Å². The van der Waals surface area contributed by atoms with E-state index in [4.69, 9.17) is 13.9 Å². The first-order valence-electron chi connectivity index (χ1n) is 9.48. The minimum absolute atomic E-state index is 0.0588. The molecule has 152 valence electrons. The molecule has 3 unspecified atom stereocenters. The molecule has 0 spiro atoms. The third-order valence-corrected chi connectivity index (χ3v) is 6.11. The van der Waals surface area contributed by atoms with Crippen LogP contribution in [0.4, 0.5) is 0 Å². The lowest BCUT2D eigenvalue weighted by Gasteiger charge is -2.60. The molecule has 1 fully saturated rings. The van der Waals surface area contributed by atoms with E-state index < -0.39 is 5.79 Å². The van der Waals surface area contributed by atoms with Crippen LogP contribution < -0.4 is 0 Å². The van der Waals surface area contributed by atoms with Crippen LogP contribution in [-0.2, 0) is 23.4 Å². The van der Waals surface area contributed by atoms with Crippen LogP contribution in [0, 0.1) is 10.8 Å². The maximum Gasteiger partial charge on any atom is 0.305 e. The second-order valence-corrected chi connectivity index (χ2v) is 9.52. The van der Waals surface area contributed by atoms with Crippen molar-refractivity contribution in [2.24, 2.45) is 10.8 Å². The molecule has 1 aliphatic rings. The van der Waals surface area contributed by atoms with E-state index in [1.807, 2.05) is 6.92 Å². The molecular weight excluding hydrogens is 348 g/mol. The summed E-state index contributed by atoms with van der Waals surface area (Å²) >= 11 is 0. The molecule has 0 aromatic heterocycles. The van der Waals surface area contributed by atoms with Crippen molar-refractivity contribution in [2.45, 2.75) is 78.6 Å². The van der Waals surface area contributed by atoms with Gasteiger partial charge in [-0.3, -0.25) is 4.79 Å². The number of rotatable bonds is 8. The van der Waals surface area contributed by atoms with Crippen molar-refractivity contribution in [1.82, 2.24) is 0 Å². The summed E-state index contributed by atoms with van der Waals surface area (Å²) < 4.78 is 22.8. The SMILES string of the molecule is COC(=O)CCCC=CCC1(C)COC(C)(CO[SiH3])OC1(C)C(C)(C)C. The van der Waals surface area contributed by atoms with Crippen molar-refractivity contribution in [1.29, 1.82) is 0 Å². The van der Waals surface area contributed by atoms with Crippen molar-refractivity contribution in [2.75, 3.05) is 20.3 Å². The molecule has 0 N–H and O–H groups in total. The topological polar surface area (TPSA) is 54.0 Å².